The number of rotatable bonds is 9. The number of hydrogen-bond acceptors (Lipinski definition) is 8. The second-order valence-electron chi connectivity index (χ2n) is 13.2. The van der Waals surface area contributed by atoms with Crippen LogP contribution in [0.5, 0.6) is 0 Å². The minimum Gasteiger partial charge on any atom is -0.350 e. The number of carbonyl (C=O) groups excluding carboxylic acids is 3. The van der Waals surface area contributed by atoms with Crippen LogP contribution in [0.1, 0.15) is 61.0 Å². The molecule has 3 amide bonds. The molecular weight excluding hydrogens is 695 g/mol. The molecule has 3 atom stereocenters. The van der Waals surface area contributed by atoms with E-state index in [2.05, 4.69) is 93.7 Å². The number of fused-ring (bicyclic) bond motifs is 4. The molecule has 0 radical (unpaired) electrons. The van der Waals surface area contributed by atoms with Gasteiger partial charge in [0.25, 0.3) is 0 Å². The summed E-state index contributed by atoms with van der Waals surface area (Å²) < 4.78 is -0.439. The summed E-state index contributed by atoms with van der Waals surface area (Å²) in [6.45, 7) is 5.86. The van der Waals surface area contributed by atoms with Crippen LogP contribution < -0.4 is 16.0 Å². The first-order chi connectivity index (χ1) is 24.7. The van der Waals surface area contributed by atoms with Gasteiger partial charge in [-0.1, -0.05) is 117 Å². The Morgan fingerprint density at radius 3 is 2.12 bits per heavy atom. The highest BCUT2D eigenvalue weighted by Gasteiger charge is 2.41. The summed E-state index contributed by atoms with van der Waals surface area (Å²) in [5.41, 5.74) is 3.26. The van der Waals surface area contributed by atoms with Gasteiger partial charge in [0.1, 0.15) is 27.3 Å². The molecule has 0 saturated heterocycles. The normalized spacial score (nSPS) is 21.6. The van der Waals surface area contributed by atoms with Crippen molar-refractivity contribution in [2.24, 2.45) is 10.9 Å². The summed E-state index contributed by atoms with van der Waals surface area (Å²) in [7, 11) is 0. The van der Waals surface area contributed by atoms with Crippen LogP contribution >= 0.6 is 34.9 Å². The van der Waals surface area contributed by atoms with E-state index in [-0.39, 0.29) is 36.6 Å². The molecule has 3 aromatic carbocycles. The quantitative estimate of drug-likeness (QED) is 0.100. The van der Waals surface area contributed by atoms with Crippen LogP contribution in [0.25, 0.3) is 0 Å². The van der Waals surface area contributed by atoms with Crippen molar-refractivity contribution < 1.29 is 14.4 Å². The zero-order chi connectivity index (χ0) is 35.8. The van der Waals surface area contributed by atoms with E-state index in [1.807, 2.05) is 61.3 Å². The fourth-order valence-corrected chi connectivity index (χ4v) is 9.66. The van der Waals surface area contributed by atoms with E-state index in [0.717, 1.165) is 10.8 Å². The predicted octanol–water partition coefficient (Wildman–Crippen LogP) is 6.71. The maximum atomic E-state index is 13.8. The topological polar surface area (TPSA) is 113 Å². The van der Waals surface area contributed by atoms with Gasteiger partial charge in [-0.2, -0.15) is 0 Å². The molecule has 6 rings (SSSR count). The van der Waals surface area contributed by atoms with Crippen molar-refractivity contribution in [3.8, 4) is 0 Å². The summed E-state index contributed by atoms with van der Waals surface area (Å²) in [6, 6.07) is 30.3. The van der Waals surface area contributed by atoms with Crippen molar-refractivity contribution >= 4 is 57.6 Å². The highest BCUT2D eigenvalue weighted by molar-refractivity contribution is 8.14. The molecule has 0 fully saturated rings. The Balaban J connectivity index is 1.23. The Kier molecular flexibility index (Phi) is 11.8. The molecule has 264 valence electrons. The van der Waals surface area contributed by atoms with E-state index in [0.29, 0.717) is 22.9 Å². The first kappa shape index (κ1) is 36.6. The lowest BCUT2D eigenvalue weighted by Crippen LogP contribution is -2.56. The van der Waals surface area contributed by atoms with Crippen LogP contribution in [0.15, 0.2) is 114 Å². The summed E-state index contributed by atoms with van der Waals surface area (Å²) in [6.07, 6.45) is 4.70. The molecule has 8 nitrogen and oxygen atoms in total. The van der Waals surface area contributed by atoms with Gasteiger partial charge in [-0.15, -0.1) is 34.9 Å². The first-order valence-electron chi connectivity index (χ1n) is 17.2. The van der Waals surface area contributed by atoms with Crippen molar-refractivity contribution in [3.05, 3.63) is 136 Å². The SMILES string of the molecule is CC(C)[C@@H]1NC(=O)[C@]2(C)CSC(=N2)c2csc(n2)CNC(=O)CC(/C=C/CCSC(c2ccccc2)(c2ccccc2)c2ccccc2)NC1=O. The van der Waals surface area contributed by atoms with Crippen LogP contribution in [-0.4, -0.2) is 56.9 Å². The molecule has 3 heterocycles. The van der Waals surface area contributed by atoms with Gasteiger partial charge < -0.3 is 16.0 Å². The summed E-state index contributed by atoms with van der Waals surface area (Å²) in [5.74, 6) is 0.199. The third-order valence-electron chi connectivity index (χ3n) is 9.02. The predicted molar refractivity (Wildman–Crippen MR) is 210 cm³/mol. The average Bonchev–Trinajstić information content (AvgIpc) is 3.79. The molecule has 2 aliphatic heterocycles. The number of carbonyl (C=O) groups is 3. The fraction of sp³-hybridized carbons (Fsp3) is 0.325. The number of nitrogens with one attached hydrogen (secondary N) is 3. The molecule has 1 aromatic heterocycles. The van der Waals surface area contributed by atoms with Crippen LogP contribution in [0.4, 0.5) is 0 Å². The molecule has 2 aliphatic rings. The molecular formula is C40H43N5O3S3. The van der Waals surface area contributed by atoms with Gasteiger partial charge in [0.2, 0.25) is 17.7 Å². The van der Waals surface area contributed by atoms with Gasteiger partial charge in [0.15, 0.2) is 0 Å². The van der Waals surface area contributed by atoms with Crippen molar-refractivity contribution in [3.63, 3.8) is 0 Å². The first-order valence-corrected chi connectivity index (χ1v) is 20.1. The second-order valence-corrected chi connectivity index (χ2v) is 16.5. The Hall–Kier alpha value is -4.19. The molecule has 51 heavy (non-hydrogen) atoms. The number of thiazole rings is 1. The number of benzene rings is 3. The minimum absolute atomic E-state index is 0.0502. The largest absolute Gasteiger partial charge is 0.350 e. The average molecular weight is 738 g/mol. The lowest BCUT2D eigenvalue weighted by molar-refractivity contribution is -0.132. The van der Waals surface area contributed by atoms with Gasteiger partial charge in [0, 0.05) is 11.1 Å². The van der Waals surface area contributed by atoms with E-state index in [1.54, 1.807) is 6.92 Å². The van der Waals surface area contributed by atoms with Crippen LogP contribution in [-0.2, 0) is 25.7 Å². The zero-order valence-corrected chi connectivity index (χ0v) is 31.5. The molecule has 0 spiro atoms. The maximum absolute atomic E-state index is 13.8. The van der Waals surface area contributed by atoms with Gasteiger partial charge in [-0.25, -0.2) is 4.98 Å². The van der Waals surface area contributed by atoms with Gasteiger partial charge >= 0.3 is 0 Å². The third-order valence-corrected chi connectivity index (χ3v) is 12.7. The van der Waals surface area contributed by atoms with Crippen molar-refractivity contribution in [2.45, 2.75) is 62.5 Å². The Morgan fingerprint density at radius 1 is 0.922 bits per heavy atom. The van der Waals surface area contributed by atoms with Crippen molar-refractivity contribution in [2.75, 3.05) is 11.5 Å². The minimum atomic E-state index is -1.02. The van der Waals surface area contributed by atoms with Crippen molar-refractivity contribution in [1.29, 1.82) is 0 Å². The van der Waals surface area contributed by atoms with Gasteiger partial charge in [-0.3, -0.25) is 19.4 Å². The van der Waals surface area contributed by atoms with E-state index < -0.39 is 22.4 Å². The monoisotopic (exact) mass is 737 g/mol. The maximum Gasteiger partial charge on any atom is 0.249 e. The molecule has 0 aliphatic carbocycles. The van der Waals surface area contributed by atoms with E-state index in [9.17, 15) is 14.4 Å². The number of allylic oxidation sites excluding steroid dienone is 1. The van der Waals surface area contributed by atoms with Crippen LogP contribution in [0.2, 0.25) is 0 Å². The highest BCUT2D eigenvalue weighted by atomic mass is 32.2. The van der Waals surface area contributed by atoms with Crippen molar-refractivity contribution in [1.82, 2.24) is 20.9 Å². The van der Waals surface area contributed by atoms with Crippen LogP contribution in [0, 0.1) is 5.92 Å². The lowest BCUT2D eigenvalue weighted by atomic mass is 9.84. The number of aromatic nitrogens is 1. The van der Waals surface area contributed by atoms with Crippen LogP contribution in [0.3, 0.4) is 0 Å². The Labute approximate surface area is 312 Å². The number of amides is 3. The number of aliphatic imine (C=N–C) groups is 1. The van der Waals surface area contributed by atoms with E-state index in [4.69, 9.17) is 4.99 Å². The third kappa shape index (κ3) is 8.48. The number of thioether (sulfide) groups is 2. The second kappa shape index (κ2) is 16.4. The molecule has 4 bridgehead atoms. The Bertz CT molecular complexity index is 1780. The van der Waals surface area contributed by atoms with Gasteiger partial charge in [0.05, 0.1) is 23.8 Å². The summed E-state index contributed by atoms with van der Waals surface area (Å²) >= 11 is 4.78. The molecule has 11 heteroatoms. The standard InChI is InChI=1S/C40H43N5O3S3/c1-27(2)35-36(47)42-31(23-33(46)41-24-34-43-32(25-49-34)37-45-39(3,26-50-37)38(48)44-35)21-13-14-22-51-40(28-15-7-4-8-16-28,29-17-9-5-10-18-29)30-19-11-6-12-20-30/h4-13,15-21,25,27,31,35H,14,22-24,26H2,1-3H3,(H,41,46)(H,42,47)(H,44,48)/b21-13+/t31?,35-,39-/m0/s1. The van der Waals surface area contributed by atoms with E-state index >= 15 is 0 Å². The number of hydrogen-bond donors (Lipinski definition) is 3. The van der Waals surface area contributed by atoms with Gasteiger partial charge in [-0.05, 0) is 41.7 Å². The summed E-state index contributed by atoms with van der Waals surface area (Å²) in [5, 5.41) is 12.4. The molecule has 4 aromatic rings. The lowest BCUT2D eigenvalue weighted by Gasteiger charge is -2.35. The molecule has 0 saturated carbocycles. The summed E-state index contributed by atoms with van der Waals surface area (Å²) in [4.78, 5) is 50.0. The molecule has 1 unspecified atom stereocenters. The highest BCUT2D eigenvalue weighted by Crippen LogP contribution is 2.48. The number of nitrogens with zero attached hydrogens (tertiary/aromatic N) is 2. The fourth-order valence-electron chi connectivity index (χ4n) is 6.26. The smallest absolute Gasteiger partial charge is 0.249 e. The van der Waals surface area contributed by atoms with E-state index in [1.165, 1.54) is 39.8 Å². The molecule has 3 N–H and O–H groups in total. The zero-order valence-electron chi connectivity index (χ0n) is 29.0. The Morgan fingerprint density at radius 2 is 1.53 bits per heavy atom.